The lowest BCUT2D eigenvalue weighted by atomic mass is 10.2. The Hall–Kier alpha value is -1.92. The Morgan fingerprint density at radius 3 is 2.72 bits per heavy atom. The summed E-state index contributed by atoms with van der Waals surface area (Å²) in [5.41, 5.74) is -0.161. The molecule has 0 saturated carbocycles. The molecule has 2 N–H and O–H groups in total. The fourth-order valence-electron chi connectivity index (χ4n) is 1.21. The van der Waals surface area contributed by atoms with Crippen molar-refractivity contribution in [1.82, 2.24) is 4.98 Å². The molecular formula is C11H14F2N2O3. The number of rotatable bonds is 6. The van der Waals surface area contributed by atoms with Crippen LogP contribution in [0.5, 0.6) is 5.88 Å². The maximum absolute atomic E-state index is 12.1. The molecule has 1 rings (SSSR count). The van der Waals surface area contributed by atoms with E-state index in [4.69, 9.17) is 5.11 Å². The number of hydrogen-bond acceptors (Lipinski definition) is 4. The second-order valence-corrected chi connectivity index (χ2v) is 3.72. The number of aromatic carboxylic acids is 1. The summed E-state index contributed by atoms with van der Waals surface area (Å²) in [5, 5.41) is 11.8. The second kappa shape index (κ2) is 6.13. The van der Waals surface area contributed by atoms with E-state index in [1.54, 1.807) is 0 Å². The van der Waals surface area contributed by atoms with E-state index in [0.717, 1.165) is 12.5 Å². The van der Waals surface area contributed by atoms with Gasteiger partial charge in [0.2, 0.25) is 5.88 Å². The molecule has 5 nitrogen and oxygen atoms in total. The summed E-state index contributed by atoms with van der Waals surface area (Å²) in [6, 6.07) is 2.27. The number of anilines is 1. The topological polar surface area (TPSA) is 71.5 Å². The maximum atomic E-state index is 12.1. The third-order valence-electron chi connectivity index (χ3n) is 2.27. The number of carbonyl (C=O) groups is 1. The third kappa shape index (κ3) is 4.15. The number of nitrogens with one attached hydrogen (secondary N) is 1. The molecule has 0 aliphatic rings. The minimum absolute atomic E-state index is 0.0425. The molecule has 0 radical (unpaired) electrons. The van der Waals surface area contributed by atoms with Gasteiger partial charge in [0.15, 0.2) is 0 Å². The van der Waals surface area contributed by atoms with E-state index in [9.17, 15) is 13.6 Å². The Bertz CT molecular complexity index is 427. The highest BCUT2D eigenvalue weighted by atomic mass is 19.3. The van der Waals surface area contributed by atoms with Crippen LogP contribution in [0.3, 0.4) is 0 Å². The van der Waals surface area contributed by atoms with Crippen molar-refractivity contribution in [3.63, 3.8) is 0 Å². The van der Waals surface area contributed by atoms with Crippen LogP contribution in [0.4, 0.5) is 14.6 Å². The summed E-state index contributed by atoms with van der Waals surface area (Å²) in [6.45, 7) is 0.746. The van der Waals surface area contributed by atoms with E-state index in [1.807, 2.05) is 13.8 Å². The molecule has 1 aromatic rings. The number of ether oxygens (including phenoxy) is 1. The Morgan fingerprint density at radius 1 is 1.56 bits per heavy atom. The molecule has 0 spiro atoms. The monoisotopic (exact) mass is 260 g/mol. The van der Waals surface area contributed by atoms with Crippen LogP contribution in [0.15, 0.2) is 12.1 Å². The molecule has 0 aliphatic carbocycles. The van der Waals surface area contributed by atoms with Gasteiger partial charge in [-0.15, -0.1) is 0 Å². The molecule has 7 heteroatoms. The lowest BCUT2D eigenvalue weighted by molar-refractivity contribution is -0.0528. The molecular weight excluding hydrogens is 246 g/mol. The molecule has 0 aliphatic heterocycles. The maximum Gasteiger partial charge on any atom is 0.388 e. The molecule has 0 fully saturated rings. The Labute approximate surface area is 103 Å². The first kappa shape index (κ1) is 14.1. The van der Waals surface area contributed by atoms with Gasteiger partial charge in [-0.2, -0.15) is 13.8 Å². The summed E-state index contributed by atoms with van der Waals surface area (Å²) in [4.78, 5) is 14.6. The Kier molecular flexibility index (Phi) is 4.82. The summed E-state index contributed by atoms with van der Waals surface area (Å²) in [6.07, 6.45) is 0.782. The predicted molar refractivity (Wildman–Crippen MR) is 61.2 cm³/mol. The number of aromatic nitrogens is 1. The minimum Gasteiger partial charge on any atom is -0.478 e. The fourth-order valence-corrected chi connectivity index (χ4v) is 1.21. The third-order valence-corrected chi connectivity index (χ3v) is 2.27. The number of hydrogen-bond donors (Lipinski definition) is 2. The van der Waals surface area contributed by atoms with Gasteiger partial charge < -0.3 is 15.2 Å². The van der Waals surface area contributed by atoms with Gasteiger partial charge in [0.25, 0.3) is 0 Å². The smallest absolute Gasteiger partial charge is 0.388 e. The van der Waals surface area contributed by atoms with Crippen molar-refractivity contribution < 1.29 is 23.4 Å². The van der Waals surface area contributed by atoms with E-state index in [-0.39, 0.29) is 17.4 Å². The highest BCUT2D eigenvalue weighted by Crippen LogP contribution is 2.19. The van der Waals surface area contributed by atoms with Crippen molar-refractivity contribution in [3.05, 3.63) is 17.7 Å². The van der Waals surface area contributed by atoms with Gasteiger partial charge in [-0.25, -0.2) is 4.79 Å². The zero-order valence-electron chi connectivity index (χ0n) is 9.98. The zero-order valence-corrected chi connectivity index (χ0v) is 9.98. The Balaban J connectivity index is 3.01. The number of carboxylic acids is 1. The van der Waals surface area contributed by atoms with Gasteiger partial charge in [-0.3, -0.25) is 0 Å². The summed E-state index contributed by atoms with van der Waals surface area (Å²) >= 11 is 0. The van der Waals surface area contributed by atoms with Gasteiger partial charge in [0, 0.05) is 12.1 Å². The van der Waals surface area contributed by atoms with E-state index in [0.29, 0.717) is 0 Å². The normalized spacial score (nSPS) is 12.3. The molecule has 100 valence electrons. The summed E-state index contributed by atoms with van der Waals surface area (Å²) in [7, 11) is 0. The van der Waals surface area contributed by atoms with E-state index in [2.05, 4.69) is 15.0 Å². The van der Waals surface area contributed by atoms with E-state index in [1.165, 1.54) is 6.07 Å². The average molecular weight is 260 g/mol. The molecule has 1 aromatic heterocycles. The first-order valence-electron chi connectivity index (χ1n) is 5.39. The first-order valence-corrected chi connectivity index (χ1v) is 5.39. The zero-order chi connectivity index (χ0) is 13.7. The van der Waals surface area contributed by atoms with Crippen LogP contribution in [-0.4, -0.2) is 28.7 Å². The average Bonchev–Trinajstić information content (AvgIpc) is 2.27. The van der Waals surface area contributed by atoms with Crippen molar-refractivity contribution in [3.8, 4) is 5.88 Å². The Morgan fingerprint density at radius 2 is 2.22 bits per heavy atom. The van der Waals surface area contributed by atoms with Crippen LogP contribution < -0.4 is 10.1 Å². The second-order valence-electron chi connectivity index (χ2n) is 3.72. The highest BCUT2D eigenvalue weighted by molar-refractivity contribution is 5.88. The molecule has 0 saturated heterocycles. The van der Waals surface area contributed by atoms with Gasteiger partial charge >= 0.3 is 12.6 Å². The SMILES string of the molecule is CC[C@H](C)Nc1cc(C(=O)O)cc(OC(F)F)n1. The lowest BCUT2D eigenvalue weighted by Gasteiger charge is -2.13. The van der Waals surface area contributed by atoms with Crippen LogP contribution in [0.2, 0.25) is 0 Å². The van der Waals surface area contributed by atoms with Crippen molar-refractivity contribution in [2.45, 2.75) is 32.9 Å². The van der Waals surface area contributed by atoms with Crippen molar-refractivity contribution >= 4 is 11.8 Å². The van der Waals surface area contributed by atoms with Crippen LogP contribution in [0, 0.1) is 0 Å². The fraction of sp³-hybridized carbons (Fsp3) is 0.455. The van der Waals surface area contributed by atoms with Gasteiger partial charge in [-0.1, -0.05) is 6.92 Å². The van der Waals surface area contributed by atoms with Crippen LogP contribution in [-0.2, 0) is 0 Å². The molecule has 0 amide bonds. The molecule has 1 heterocycles. The van der Waals surface area contributed by atoms with Crippen LogP contribution >= 0.6 is 0 Å². The molecule has 1 atom stereocenters. The standard InChI is InChI=1S/C11H14F2N2O3/c1-3-6(2)14-8-4-7(10(16)17)5-9(15-8)18-11(12)13/h4-6,11H,3H2,1-2H3,(H,14,15)(H,16,17)/t6-/m0/s1. The molecule has 0 unspecified atom stereocenters. The van der Waals surface area contributed by atoms with Crippen molar-refractivity contribution in [1.29, 1.82) is 0 Å². The first-order chi connectivity index (χ1) is 8.42. The number of pyridine rings is 1. The highest BCUT2D eigenvalue weighted by Gasteiger charge is 2.13. The lowest BCUT2D eigenvalue weighted by Crippen LogP contribution is -2.16. The number of carboxylic acid groups (broad SMARTS) is 1. The van der Waals surface area contributed by atoms with E-state index < -0.39 is 18.5 Å². The van der Waals surface area contributed by atoms with Crippen molar-refractivity contribution in [2.24, 2.45) is 0 Å². The quantitative estimate of drug-likeness (QED) is 0.822. The number of alkyl halides is 2. The van der Waals surface area contributed by atoms with Crippen LogP contribution in [0.25, 0.3) is 0 Å². The van der Waals surface area contributed by atoms with Gasteiger partial charge in [-0.05, 0) is 19.4 Å². The molecule has 18 heavy (non-hydrogen) atoms. The summed E-state index contributed by atoms with van der Waals surface area (Å²) in [5.74, 6) is -1.46. The van der Waals surface area contributed by atoms with E-state index >= 15 is 0 Å². The van der Waals surface area contributed by atoms with Gasteiger partial charge in [0.05, 0.1) is 5.56 Å². The minimum atomic E-state index is -3.04. The van der Waals surface area contributed by atoms with Gasteiger partial charge in [0.1, 0.15) is 5.82 Å². The molecule has 0 aromatic carbocycles. The largest absolute Gasteiger partial charge is 0.478 e. The molecule has 0 bridgehead atoms. The predicted octanol–water partition coefficient (Wildman–Crippen LogP) is 2.59. The summed E-state index contributed by atoms with van der Waals surface area (Å²) < 4.78 is 28.3. The van der Waals surface area contributed by atoms with Crippen LogP contribution in [0.1, 0.15) is 30.6 Å². The number of nitrogens with zero attached hydrogens (tertiary/aromatic N) is 1. The van der Waals surface area contributed by atoms with Crippen molar-refractivity contribution in [2.75, 3.05) is 5.32 Å². The number of halogens is 2.